The first kappa shape index (κ1) is 24.1. The summed E-state index contributed by atoms with van der Waals surface area (Å²) in [4.78, 5) is 28.6. The maximum atomic E-state index is 13.8. The molecule has 0 radical (unpaired) electrons. The van der Waals surface area contributed by atoms with Gasteiger partial charge >= 0.3 is 0 Å². The monoisotopic (exact) mass is 578 g/mol. The Kier molecular flexibility index (Phi) is 6.05. The number of carbonyl (C=O) groups is 1. The lowest BCUT2D eigenvalue weighted by molar-refractivity contribution is 0.0984. The average molecular weight is 579 g/mol. The molecule has 3 aromatic heterocycles. The number of benzene rings is 1. The van der Waals surface area contributed by atoms with Crippen molar-refractivity contribution in [2.75, 3.05) is 11.2 Å². The SMILES string of the molecule is CS(=O)(=O)c1ncccc1N(Cc1ccc2c3c(c(Br)nc2c1)COC3)C(=O)c1ccc(C2CC2)nc1. The largest absolute Gasteiger partial charge is 0.372 e. The smallest absolute Gasteiger partial charge is 0.260 e. The van der Waals surface area contributed by atoms with Crippen LogP contribution in [0, 0.1) is 0 Å². The van der Waals surface area contributed by atoms with E-state index in [0.29, 0.717) is 24.7 Å². The van der Waals surface area contributed by atoms with E-state index in [4.69, 9.17) is 9.72 Å². The molecule has 1 saturated carbocycles. The van der Waals surface area contributed by atoms with Gasteiger partial charge in [0.15, 0.2) is 14.9 Å². The summed E-state index contributed by atoms with van der Waals surface area (Å²) in [6, 6.07) is 12.7. The van der Waals surface area contributed by atoms with Gasteiger partial charge in [-0.05, 0) is 70.2 Å². The van der Waals surface area contributed by atoms with Crippen LogP contribution in [0.1, 0.15) is 51.5 Å². The highest BCUT2D eigenvalue weighted by molar-refractivity contribution is 9.10. The van der Waals surface area contributed by atoms with Gasteiger partial charge in [-0.3, -0.25) is 9.78 Å². The molecule has 0 bridgehead atoms. The fourth-order valence-electron chi connectivity index (χ4n) is 4.68. The van der Waals surface area contributed by atoms with Gasteiger partial charge in [-0.1, -0.05) is 12.1 Å². The molecule has 1 aromatic carbocycles. The molecule has 0 spiro atoms. The number of anilines is 1. The molecular formula is C27H23BrN4O4S. The molecule has 4 heterocycles. The van der Waals surface area contributed by atoms with Crippen LogP contribution in [-0.2, 0) is 34.3 Å². The Labute approximate surface area is 222 Å². The fourth-order valence-corrected chi connectivity index (χ4v) is 6.04. The van der Waals surface area contributed by atoms with Crippen molar-refractivity contribution in [1.82, 2.24) is 15.0 Å². The van der Waals surface area contributed by atoms with Crippen LogP contribution in [-0.4, -0.2) is 35.5 Å². The van der Waals surface area contributed by atoms with Crippen molar-refractivity contribution in [2.24, 2.45) is 0 Å². The van der Waals surface area contributed by atoms with Crippen molar-refractivity contribution in [2.45, 2.75) is 43.5 Å². The number of nitrogens with zero attached hydrogens (tertiary/aromatic N) is 4. The Bertz CT molecular complexity index is 1650. The normalized spacial score (nSPS) is 15.1. The Balaban J connectivity index is 1.42. The van der Waals surface area contributed by atoms with Crippen LogP contribution < -0.4 is 4.90 Å². The third kappa shape index (κ3) is 4.65. The van der Waals surface area contributed by atoms with Gasteiger partial charge in [0.1, 0.15) is 4.60 Å². The summed E-state index contributed by atoms with van der Waals surface area (Å²) in [5, 5.41) is 0.845. The van der Waals surface area contributed by atoms with E-state index in [1.54, 1.807) is 24.4 Å². The number of hydrogen-bond acceptors (Lipinski definition) is 7. The molecular weight excluding hydrogens is 556 g/mol. The van der Waals surface area contributed by atoms with Crippen LogP contribution in [0.4, 0.5) is 5.69 Å². The number of sulfone groups is 1. The van der Waals surface area contributed by atoms with Crippen LogP contribution in [0.2, 0.25) is 0 Å². The Morgan fingerprint density at radius 3 is 2.65 bits per heavy atom. The second-order valence-electron chi connectivity index (χ2n) is 9.44. The van der Waals surface area contributed by atoms with Gasteiger partial charge in [0.2, 0.25) is 0 Å². The zero-order valence-corrected chi connectivity index (χ0v) is 22.4. The maximum Gasteiger partial charge on any atom is 0.260 e. The molecule has 2 aliphatic rings. The van der Waals surface area contributed by atoms with Gasteiger partial charge in [-0.25, -0.2) is 18.4 Å². The quantitative estimate of drug-likeness (QED) is 0.298. The molecule has 0 unspecified atom stereocenters. The predicted molar refractivity (Wildman–Crippen MR) is 142 cm³/mol. The second-order valence-corrected chi connectivity index (χ2v) is 12.1. The lowest BCUT2D eigenvalue weighted by Gasteiger charge is -2.25. The number of hydrogen-bond donors (Lipinski definition) is 0. The van der Waals surface area contributed by atoms with Gasteiger partial charge in [-0.2, -0.15) is 0 Å². The summed E-state index contributed by atoms with van der Waals surface area (Å²) in [5.41, 5.74) is 5.29. The lowest BCUT2D eigenvalue weighted by atomic mass is 10.0. The molecule has 37 heavy (non-hydrogen) atoms. The minimum Gasteiger partial charge on any atom is -0.372 e. The number of halogens is 1. The summed E-state index contributed by atoms with van der Waals surface area (Å²) < 4.78 is 31.5. The lowest BCUT2D eigenvalue weighted by Crippen LogP contribution is -2.32. The van der Waals surface area contributed by atoms with Gasteiger partial charge < -0.3 is 9.64 Å². The van der Waals surface area contributed by atoms with Crippen molar-refractivity contribution in [3.63, 3.8) is 0 Å². The second kappa shape index (κ2) is 9.27. The molecule has 1 aliphatic carbocycles. The molecule has 0 atom stereocenters. The van der Waals surface area contributed by atoms with E-state index >= 15 is 0 Å². The highest BCUT2D eigenvalue weighted by Crippen LogP contribution is 2.39. The zero-order chi connectivity index (χ0) is 25.7. The predicted octanol–water partition coefficient (Wildman–Crippen LogP) is 4.95. The standard InChI is InChI=1S/C27H23BrN4O4S/c1-37(34,35)26-24(3-2-10-29-26)32(27(33)18-7-9-22(30-12-18)17-5-6-17)13-16-4-8-19-20-14-36-15-21(20)25(28)31-23(19)11-16/h2-4,7-12,17H,5-6,13-15H2,1H3. The van der Waals surface area contributed by atoms with Crippen molar-refractivity contribution < 1.29 is 17.9 Å². The molecule has 6 rings (SSSR count). The van der Waals surface area contributed by atoms with E-state index in [-0.39, 0.29) is 23.2 Å². The molecule has 4 aromatic rings. The average Bonchev–Trinajstić information content (AvgIpc) is 3.62. The number of ether oxygens (including phenoxy) is 1. The van der Waals surface area contributed by atoms with Crippen molar-refractivity contribution in [3.05, 3.63) is 87.4 Å². The highest BCUT2D eigenvalue weighted by atomic mass is 79.9. The number of fused-ring (bicyclic) bond motifs is 3. The van der Waals surface area contributed by atoms with E-state index in [1.165, 1.54) is 11.1 Å². The molecule has 1 amide bonds. The summed E-state index contributed by atoms with van der Waals surface area (Å²) in [6.07, 6.45) is 6.30. The summed E-state index contributed by atoms with van der Waals surface area (Å²) in [5.74, 6) is 0.107. The third-order valence-electron chi connectivity index (χ3n) is 6.72. The third-order valence-corrected chi connectivity index (χ3v) is 8.39. The number of aromatic nitrogens is 3. The zero-order valence-electron chi connectivity index (χ0n) is 20.0. The van der Waals surface area contributed by atoms with Gasteiger partial charge in [0.25, 0.3) is 5.91 Å². The minimum atomic E-state index is -3.70. The molecule has 8 nitrogen and oxygen atoms in total. The van der Waals surface area contributed by atoms with E-state index < -0.39 is 9.84 Å². The van der Waals surface area contributed by atoms with E-state index in [1.807, 2.05) is 24.3 Å². The van der Waals surface area contributed by atoms with Crippen LogP contribution in [0.5, 0.6) is 0 Å². The van der Waals surface area contributed by atoms with Crippen molar-refractivity contribution in [3.8, 4) is 0 Å². The van der Waals surface area contributed by atoms with Crippen LogP contribution in [0.25, 0.3) is 10.9 Å². The molecule has 1 fully saturated rings. The van der Waals surface area contributed by atoms with Gasteiger partial charge in [0, 0.05) is 41.2 Å². The molecule has 1 aliphatic heterocycles. The van der Waals surface area contributed by atoms with Crippen molar-refractivity contribution in [1.29, 1.82) is 0 Å². The van der Waals surface area contributed by atoms with Crippen LogP contribution in [0.3, 0.4) is 0 Å². The molecule has 188 valence electrons. The van der Waals surface area contributed by atoms with Gasteiger partial charge in [-0.15, -0.1) is 0 Å². The topological polar surface area (TPSA) is 102 Å². The Hall–Kier alpha value is -3.21. The maximum absolute atomic E-state index is 13.8. The number of amides is 1. The first-order valence-electron chi connectivity index (χ1n) is 11.9. The molecule has 10 heteroatoms. The summed E-state index contributed by atoms with van der Waals surface area (Å²) in [6.45, 7) is 1.17. The highest BCUT2D eigenvalue weighted by Gasteiger charge is 2.28. The van der Waals surface area contributed by atoms with E-state index in [2.05, 4.69) is 25.9 Å². The number of rotatable bonds is 6. The van der Waals surface area contributed by atoms with Crippen LogP contribution in [0.15, 0.2) is 64.5 Å². The molecule has 0 saturated heterocycles. The minimum absolute atomic E-state index is 0.125. The first-order chi connectivity index (χ1) is 17.8. The van der Waals surface area contributed by atoms with Gasteiger partial charge in [0.05, 0.1) is 36.5 Å². The fraction of sp³-hybridized carbons (Fsp3) is 0.259. The van der Waals surface area contributed by atoms with Crippen molar-refractivity contribution >= 4 is 48.3 Å². The summed E-state index contributed by atoms with van der Waals surface area (Å²) in [7, 11) is -3.70. The molecule has 0 N–H and O–H groups in total. The number of carbonyl (C=O) groups excluding carboxylic acids is 1. The first-order valence-corrected chi connectivity index (χ1v) is 14.6. The van der Waals surface area contributed by atoms with E-state index in [9.17, 15) is 13.2 Å². The van der Waals surface area contributed by atoms with E-state index in [0.717, 1.165) is 57.0 Å². The Morgan fingerprint density at radius 1 is 1.11 bits per heavy atom. The number of pyridine rings is 3. The van der Waals surface area contributed by atoms with Crippen LogP contribution >= 0.6 is 15.9 Å². The Morgan fingerprint density at radius 2 is 1.92 bits per heavy atom. The summed E-state index contributed by atoms with van der Waals surface area (Å²) >= 11 is 3.55.